The van der Waals surface area contributed by atoms with Gasteiger partial charge in [0.2, 0.25) is 0 Å². The maximum Gasteiger partial charge on any atom is 0.327 e. The van der Waals surface area contributed by atoms with Gasteiger partial charge >= 0.3 is 5.97 Å². The van der Waals surface area contributed by atoms with E-state index in [0.717, 1.165) is 11.3 Å². The van der Waals surface area contributed by atoms with Crippen molar-refractivity contribution in [3.8, 4) is 11.3 Å². The van der Waals surface area contributed by atoms with E-state index >= 15 is 0 Å². The molecule has 87 valence electrons. The fourth-order valence-corrected chi connectivity index (χ4v) is 1.46. The van der Waals surface area contributed by atoms with Crippen LogP contribution in [0.3, 0.4) is 0 Å². The average molecular weight is 230 g/mol. The fraction of sp³-hybridized carbons (Fsp3) is 0.250. The predicted octanol–water partition coefficient (Wildman–Crippen LogP) is 1.31. The van der Waals surface area contributed by atoms with Crippen LogP contribution in [0.1, 0.15) is 6.92 Å². The topological polar surface area (TPSA) is 57.0 Å². The quantitative estimate of drug-likeness (QED) is 0.743. The maximum atomic E-state index is 11.4. The zero-order valence-corrected chi connectivity index (χ0v) is 9.46. The van der Waals surface area contributed by atoms with Crippen molar-refractivity contribution in [1.82, 2.24) is 15.0 Å². The molecule has 0 saturated heterocycles. The first kappa shape index (κ1) is 11.3. The van der Waals surface area contributed by atoms with Crippen molar-refractivity contribution in [3.05, 3.63) is 36.5 Å². The van der Waals surface area contributed by atoms with Gasteiger partial charge in [0, 0.05) is 5.56 Å². The third-order valence-electron chi connectivity index (χ3n) is 2.19. The fourth-order valence-electron chi connectivity index (χ4n) is 1.46. The van der Waals surface area contributed by atoms with Crippen molar-refractivity contribution in [2.45, 2.75) is 13.5 Å². The number of ether oxygens (including phenoxy) is 1. The molecule has 0 bridgehead atoms. The van der Waals surface area contributed by atoms with E-state index < -0.39 is 0 Å². The van der Waals surface area contributed by atoms with Crippen molar-refractivity contribution in [1.29, 1.82) is 0 Å². The van der Waals surface area contributed by atoms with Gasteiger partial charge in [-0.25, -0.2) is 4.68 Å². The number of hydrogen-bond acceptors (Lipinski definition) is 4. The third-order valence-corrected chi connectivity index (χ3v) is 2.19. The highest BCUT2D eigenvalue weighted by Gasteiger charge is 2.10. The lowest BCUT2D eigenvalue weighted by atomic mass is 10.2. The van der Waals surface area contributed by atoms with E-state index in [2.05, 4.69) is 16.4 Å². The number of carbonyl (C=O) groups is 1. The van der Waals surface area contributed by atoms with Crippen LogP contribution in [0.2, 0.25) is 0 Å². The zero-order chi connectivity index (χ0) is 12.1. The van der Waals surface area contributed by atoms with Crippen LogP contribution in [-0.2, 0) is 16.1 Å². The molecule has 0 aliphatic heterocycles. The second-order valence-corrected chi connectivity index (χ2v) is 3.36. The molecule has 17 heavy (non-hydrogen) atoms. The molecule has 0 unspecified atom stereocenters. The van der Waals surface area contributed by atoms with E-state index in [1.54, 1.807) is 19.2 Å². The normalized spacial score (nSPS) is 10.2. The summed E-state index contributed by atoms with van der Waals surface area (Å²) in [5, 5.41) is 7.66. The Balaban J connectivity index is 2.20. The van der Waals surface area contributed by atoms with E-state index in [1.165, 1.54) is 4.68 Å². The Kier molecular flexibility index (Phi) is 3.49. The Morgan fingerprint density at radius 3 is 3.12 bits per heavy atom. The molecule has 0 saturated carbocycles. The molecule has 0 amide bonds. The summed E-state index contributed by atoms with van der Waals surface area (Å²) in [7, 11) is 0. The Hall–Kier alpha value is -2.17. The van der Waals surface area contributed by atoms with Crippen molar-refractivity contribution in [2.75, 3.05) is 6.61 Å². The van der Waals surface area contributed by atoms with E-state index in [4.69, 9.17) is 4.74 Å². The van der Waals surface area contributed by atoms with Crippen LogP contribution in [0.15, 0.2) is 30.5 Å². The van der Waals surface area contributed by atoms with Gasteiger partial charge in [-0.2, -0.15) is 0 Å². The summed E-state index contributed by atoms with van der Waals surface area (Å²) in [4.78, 5) is 11.4. The molecule has 2 aromatic rings. The molecule has 0 atom stereocenters. The van der Waals surface area contributed by atoms with Crippen LogP contribution < -0.4 is 0 Å². The van der Waals surface area contributed by atoms with Gasteiger partial charge in [-0.3, -0.25) is 4.79 Å². The van der Waals surface area contributed by atoms with Crippen LogP contribution >= 0.6 is 0 Å². The van der Waals surface area contributed by atoms with E-state index in [9.17, 15) is 4.79 Å². The Bertz CT molecular complexity index is 493. The number of esters is 1. The average Bonchev–Trinajstić information content (AvgIpc) is 2.78. The first-order valence-corrected chi connectivity index (χ1v) is 5.32. The van der Waals surface area contributed by atoms with Crippen molar-refractivity contribution >= 4 is 5.97 Å². The number of nitrogens with zero attached hydrogens (tertiary/aromatic N) is 3. The minimum Gasteiger partial charge on any atom is -0.465 e. The van der Waals surface area contributed by atoms with Crippen LogP contribution in [0, 0.1) is 6.07 Å². The number of rotatable bonds is 4. The number of carbonyl (C=O) groups excluding carboxylic acids is 1. The number of hydrogen-bond donors (Lipinski definition) is 0. The molecule has 0 aliphatic carbocycles. The van der Waals surface area contributed by atoms with Crippen molar-refractivity contribution < 1.29 is 9.53 Å². The molecule has 1 heterocycles. The molecule has 0 N–H and O–H groups in total. The first-order chi connectivity index (χ1) is 8.31. The molecular weight excluding hydrogens is 218 g/mol. The SMILES string of the molecule is CCOC(=O)Cn1nncc1-c1[c]cccc1. The lowest BCUT2D eigenvalue weighted by Gasteiger charge is -2.05. The van der Waals surface area contributed by atoms with Gasteiger partial charge in [-0.15, -0.1) is 5.10 Å². The van der Waals surface area contributed by atoms with E-state index in [0.29, 0.717) is 6.61 Å². The summed E-state index contributed by atoms with van der Waals surface area (Å²) < 4.78 is 6.37. The summed E-state index contributed by atoms with van der Waals surface area (Å²) >= 11 is 0. The van der Waals surface area contributed by atoms with Crippen molar-refractivity contribution in [2.24, 2.45) is 0 Å². The third kappa shape index (κ3) is 2.69. The molecular formula is C12H12N3O2. The minimum atomic E-state index is -0.324. The van der Waals surface area contributed by atoms with Gasteiger partial charge in [0.1, 0.15) is 6.54 Å². The Labute approximate surface area is 99.0 Å². The summed E-state index contributed by atoms with van der Waals surface area (Å²) in [5.74, 6) is -0.324. The van der Waals surface area contributed by atoms with Gasteiger partial charge in [0.25, 0.3) is 0 Å². The monoisotopic (exact) mass is 230 g/mol. The molecule has 1 radical (unpaired) electrons. The largest absolute Gasteiger partial charge is 0.465 e. The van der Waals surface area contributed by atoms with Gasteiger partial charge in [0.05, 0.1) is 18.5 Å². The second-order valence-electron chi connectivity index (χ2n) is 3.36. The smallest absolute Gasteiger partial charge is 0.327 e. The van der Waals surface area contributed by atoms with Gasteiger partial charge in [-0.05, 0) is 13.0 Å². The summed E-state index contributed by atoms with van der Waals surface area (Å²) in [5.41, 5.74) is 1.60. The van der Waals surface area contributed by atoms with Crippen LogP contribution in [0.5, 0.6) is 0 Å². The van der Waals surface area contributed by atoms with Crippen LogP contribution in [-0.4, -0.2) is 27.6 Å². The molecule has 0 aliphatic rings. The van der Waals surface area contributed by atoms with Crippen LogP contribution in [0.25, 0.3) is 11.3 Å². The second kappa shape index (κ2) is 5.25. The molecule has 0 fully saturated rings. The standard InChI is InChI=1S/C12H12N3O2/c1-2-17-12(16)9-15-11(8-13-14-15)10-6-4-3-5-7-10/h3-6,8H,2,9H2,1H3. The highest BCUT2D eigenvalue weighted by atomic mass is 16.5. The summed E-state index contributed by atoms with van der Waals surface area (Å²) in [6, 6.07) is 10.5. The van der Waals surface area contributed by atoms with E-state index in [-0.39, 0.29) is 12.5 Å². The minimum absolute atomic E-state index is 0.0614. The Morgan fingerprint density at radius 1 is 1.53 bits per heavy atom. The van der Waals surface area contributed by atoms with Gasteiger partial charge < -0.3 is 4.74 Å². The molecule has 5 nitrogen and oxygen atoms in total. The van der Waals surface area contributed by atoms with Gasteiger partial charge in [0.15, 0.2) is 0 Å². The van der Waals surface area contributed by atoms with Crippen molar-refractivity contribution in [3.63, 3.8) is 0 Å². The van der Waals surface area contributed by atoms with Crippen LogP contribution in [0.4, 0.5) is 0 Å². The molecule has 5 heteroatoms. The van der Waals surface area contributed by atoms with Gasteiger partial charge in [-0.1, -0.05) is 29.5 Å². The molecule has 1 aromatic heterocycles. The number of benzene rings is 1. The first-order valence-electron chi connectivity index (χ1n) is 5.32. The zero-order valence-electron chi connectivity index (χ0n) is 9.46. The molecule has 1 aromatic carbocycles. The summed E-state index contributed by atoms with van der Waals surface area (Å²) in [6.07, 6.45) is 1.60. The number of aromatic nitrogens is 3. The lowest BCUT2D eigenvalue weighted by molar-refractivity contribution is -0.144. The summed E-state index contributed by atoms with van der Waals surface area (Å²) in [6.45, 7) is 2.19. The maximum absolute atomic E-state index is 11.4. The Morgan fingerprint density at radius 2 is 2.41 bits per heavy atom. The molecule has 0 spiro atoms. The van der Waals surface area contributed by atoms with E-state index in [1.807, 2.05) is 18.2 Å². The highest BCUT2D eigenvalue weighted by Crippen LogP contribution is 2.16. The predicted molar refractivity (Wildman–Crippen MR) is 60.9 cm³/mol. The highest BCUT2D eigenvalue weighted by molar-refractivity contribution is 5.70. The lowest BCUT2D eigenvalue weighted by Crippen LogP contribution is -2.15. The molecule has 2 rings (SSSR count).